The molecule has 1 amide bonds. The van der Waals surface area contributed by atoms with Crippen molar-refractivity contribution in [3.05, 3.63) is 40.6 Å². The predicted octanol–water partition coefficient (Wildman–Crippen LogP) is 2.41. The molecule has 1 atom stereocenters. The SMILES string of the molecule is CCOC[C@@H]1CN(C(=O)c2cc(C)oc2C)Cc2c1cnn2C. The Balaban J connectivity index is 1.88. The molecule has 1 aliphatic rings. The molecule has 6 heteroatoms. The van der Waals surface area contributed by atoms with Crippen molar-refractivity contribution < 1.29 is 13.9 Å². The molecule has 0 N–H and O–H groups in total. The van der Waals surface area contributed by atoms with Gasteiger partial charge in [-0.3, -0.25) is 9.48 Å². The van der Waals surface area contributed by atoms with Crippen LogP contribution in [-0.4, -0.2) is 40.3 Å². The summed E-state index contributed by atoms with van der Waals surface area (Å²) in [5.41, 5.74) is 2.90. The summed E-state index contributed by atoms with van der Waals surface area (Å²) in [4.78, 5) is 14.8. The maximum Gasteiger partial charge on any atom is 0.257 e. The van der Waals surface area contributed by atoms with Gasteiger partial charge in [-0.2, -0.15) is 5.10 Å². The van der Waals surface area contributed by atoms with Crippen LogP contribution in [0.15, 0.2) is 16.7 Å². The number of carbonyl (C=O) groups is 1. The minimum Gasteiger partial charge on any atom is -0.466 e. The lowest BCUT2D eigenvalue weighted by molar-refractivity contribution is 0.0647. The number of hydrogen-bond acceptors (Lipinski definition) is 4. The lowest BCUT2D eigenvalue weighted by Gasteiger charge is -2.32. The molecule has 0 bridgehead atoms. The molecule has 0 radical (unpaired) electrons. The first kappa shape index (κ1) is 15.8. The molecule has 0 saturated carbocycles. The molecule has 23 heavy (non-hydrogen) atoms. The Morgan fingerprint density at radius 2 is 2.26 bits per heavy atom. The fourth-order valence-electron chi connectivity index (χ4n) is 3.20. The highest BCUT2D eigenvalue weighted by Gasteiger charge is 2.32. The van der Waals surface area contributed by atoms with E-state index in [1.54, 1.807) is 0 Å². The van der Waals surface area contributed by atoms with Gasteiger partial charge in [-0.15, -0.1) is 0 Å². The minimum absolute atomic E-state index is 0.00713. The van der Waals surface area contributed by atoms with Crippen LogP contribution < -0.4 is 0 Å². The van der Waals surface area contributed by atoms with Gasteiger partial charge in [0.2, 0.25) is 0 Å². The Morgan fingerprint density at radius 1 is 1.48 bits per heavy atom. The minimum atomic E-state index is 0.00713. The summed E-state index contributed by atoms with van der Waals surface area (Å²) in [6, 6.07) is 1.81. The van der Waals surface area contributed by atoms with Gasteiger partial charge in [-0.05, 0) is 26.8 Å². The standard InChI is InChI=1S/C17H23N3O3/c1-5-22-10-13-8-20(9-16-15(13)7-18-19(16)4)17(21)14-6-11(2)23-12(14)3/h6-7,13H,5,8-10H2,1-4H3/t13-/m0/s1. The zero-order valence-electron chi connectivity index (χ0n) is 14.1. The van der Waals surface area contributed by atoms with Crippen LogP contribution in [0.5, 0.6) is 0 Å². The van der Waals surface area contributed by atoms with Gasteiger partial charge in [0.05, 0.1) is 30.6 Å². The summed E-state index contributed by atoms with van der Waals surface area (Å²) in [5.74, 6) is 1.59. The largest absolute Gasteiger partial charge is 0.466 e. The van der Waals surface area contributed by atoms with Crippen molar-refractivity contribution in [2.75, 3.05) is 19.8 Å². The van der Waals surface area contributed by atoms with Gasteiger partial charge in [0.25, 0.3) is 5.91 Å². The van der Waals surface area contributed by atoms with Gasteiger partial charge in [-0.1, -0.05) is 0 Å². The molecule has 0 spiro atoms. The van der Waals surface area contributed by atoms with Gasteiger partial charge in [0, 0.05) is 31.7 Å². The quantitative estimate of drug-likeness (QED) is 0.869. The van der Waals surface area contributed by atoms with E-state index in [1.807, 2.05) is 49.7 Å². The predicted molar refractivity (Wildman–Crippen MR) is 85.4 cm³/mol. The second-order valence-corrected chi connectivity index (χ2v) is 6.04. The highest BCUT2D eigenvalue weighted by molar-refractivity contribution is 5.95. The van der Waals surface area contributed by atoms with Crippen molar-refractivity contribution in [3.8, 4) is 0 Å². The summed E-state index contributed by atoms with van der Waals surface area (Å²) in [7, 11) is 1.91. The zero-order valence-corrected chi connectivity index (χ0v) is 14.1. The molecule has 2 aromatic rings. The third kappa shape index (κ3) is 2.91. The number of furan rings is 1. The van der Waals surface area contributed by atoms with Crippen LogP contribution in [0.2, 0.25) is 0 Å². The molecule has 0 aliphatic carbocycles. The molecule has 0 fully saturated rings. The van der Waals surface area contributed by atoms with Crippen molar-refractivity contribution in [1.82, 2.24) is 14.7 Å². The average molecular weight is 317 g/mol. The van der Waals surface area contributed by atoms with Gasteiger partial charge in [0.15, 0.2) is 0 Å². The van der Waals surface area contributed by atoms with E-state index in [9.17, 15) is 4.79 Å². The van der Waals surface area contributed by atoms with Crippen LogP contribution in [0.1, 0.15) is 46.0 Å². The summed E-state index contributed by atoms with van der Waals surface area (Å²) in [5, 5.41) is 4.35. The number of nitrogens with zero attached hydrogens (tertiary/aromatic N) is 3. The third-order valence-electron chi connectivity index (χ3n) is 4.40. The Hall–Kier alpha value is -2.08. The number of hydrogen-bond donors (Lipinski definition) is 0. The van der Waals surface area contributed by atoms with Crippen molar-refractivity contribution in [2.45, 2.75) is 33.2 Å². The fraction of sp³-hybridized carbons (Fsp3) is 0.529. The van der Waals surface area contributed by atoms with E-state index in [4.69, 9.17) is 9.15 Å². The second-order valence-electron chi connectivity index (χ2n) is 6.04. The summed E-state index contributed by atoms with van der Waals surface area (Å²) >= 11 is 0. The van der Waals surface area contributed by atoms with Crippen molar-refractivity contribution >= 4 is 5.91 Å². The molecule has 0 saturated heterocycles. The molecule has 124 valence electrons. The summed E-state index contributed by atoms with van der Waals surface area (Å²) < 4.78 is 13.0. The highest BCUT2D eigenvalue weighted by atomic mass is 16.5. The summed E-state index contributed by atoms with van der Waals surface area (Å²) in [6.07, 6.45) is 1.90. The lowest BCUT2D eigenvalue weighted by Crippen LogP contribution is -2.40. The molecule has 0 unspecified atom stereocenters. The maximum atomic E-state index is 12.9. The second kappa shape index (κ2) is 6.20. The number of carbonyl (C=O) groups excluding carboxylic acids is 1. The molecule has 3 heterocycles. The van der Waals surface area contributed by atoms with E-state index in [1.165, 1.54) is 5.56 Å². The van der Waals surface area contributed by atoms with Gasteiger partial charge in [0.1, 0.15) is 11.5 Å². The van der Waals surface area contributed by atoms with E-state index in [0.717, 1.165) is 11.5 Å². The van der Waals surface area contributed by atoms with Crippen LogP contribution in [-0.2, 0) is 18.3 Å². The topological polar surface area (TPSA) is 60.5 Å². The monoisotopic (exact) mass is 317 g/mol. The molecule has 6 nitrogen and oxygen atoms in total. The van der Waals surface area contributed by atoms with Gasteiger partial charge < -0.3 is 14.1 Å². The first-order valence-corrected chi connectivity index (χ1v) is 7.96. The van der Waals surface area contributed by atoms with Crippen molar-refractivity contribution in [2.24, 2.45) is 7.05 Å². The summed E-state index contributed by atoms with van der Waals surface area (Å²) in [6.45, 7) is 8.14. The van der Waals surface area contributed by atoms with E-state index >= 15 is 0 Å². The number of aryl methyl sites for hydroxylation is 3. The molecule has 0 aromatic carbocycles. The van der Waals surface area contributed by atoms with E-state index < -0.39 is 0 Å². The van der Waals surface area contributed by atoms with Crippen molar-refractivity contribution in [1.29, 1.82) is 0 Å². The van der Waals surface area contributed by atoms with E-state index in [0.29, 0.717) is 37.6 Å². The average Bonchev–Trinajstić information content (AvgIpc) is 3.06. The van der Waals surface area contributed by atoms with Crippen LogP contribution >= 0.6 is 0 Å². The van der Waals surface area contributed by atoms with Crippen LogP contribution in [0.4, 0.5) is 0 Å². The van der Waals surface area contributed by atoms with Gasteiger partial charge in [-0.25, -0.2) is 0 Å². The Bertz CT molecular complexity index is 717. The number of ether oxygens (including phenoxy) is 1. The first-order chi connectivity index (χ1) is 11.0. The molecular weight excluding hydrogens is 294 g/mol. The number of amides is 1. The van der Waals surface area contributed by atoms with Gasteiger partial charge >= 0.3 is 0 Å². The maximum absolute atomic E-state index is 12.9. The van der Waals surface area contributed by atoms with Crippen LogP contribution in [0.3, 0.4) is 0 Å². The Labute approximate surface area is 136 Å². The zero-order chi connectivity index (χ0) is 16.6. The van der Waals surface area contributed by atoms with Crippen molar-refractivity contribution in [3.63, 3.8) is 0 Å². The first-order valence-electron chi connectivity index (χ1n) is 7.96. The molecule has 1 aliphatic heterocycles. The number of fused-ring (bicyclic) bond motifs is 1. The smallest absolute Gasteiger partial charge is 0.257 e. The molecule has 3 rings (SSSR count). The molecule has 2 aromatic heterocycles. The van der Waals surface area contributed by atoms with Crippen LogP contribution in [0.25, 0.3) is 0 Å². The normalized spacial score (nSPS) is 17.4. The number of aromatic nitrogens is 2. The Morgan fingerprint density at radius 3 is 2.91 bits per heavy atom. The lowest BCUT2D eigenvalue weighted by atomic mass is 9.95. The van der Waals surface area contributed by atoms with E-state index in [2.05, 4.69) is 5.10 Å². The highest BCUT2D eigenvalue weighted by Crippen LogP contribution is 2.30. The van der Waals surface area contributed by atoms with E-state index in [-0.39, 0.29) is 11.8 Å². The number of rotatable bonds is 4. The fourth-order valence-corrected chi connectivity index (χ4v) is 3.20. The van der Waals surface area contributed by atoms with Crippen LogP contribution in [0, 0.1) is 13.8 Å². The Kier molecular flexibility index (Phi) is 4.26. The molecular formula is C17H23N3O3. The third-order valence-corrected chi connectivity index (χ3v) is 4.40.